The van der Waals surface area contributed by atoms with E-state index in [1.807, 2.05) is 25.1 Å². The zero-order chi connectivity index (χ0) is 14.8. The van der Waals surface area contributed by atoms with Gasteiger partial charge in [-0.15, -0.1) is 5.10 Å². The molecule has 21 heavy (non-hydrogen) atoms. The number of carbonyl (C=O) groups is 1. The van der Waals surface area contributed by atoms with Gasteiger partial charge in [-0.2, -0.15) is 0 Å². The minimum Gasteiger partial charge on any atom is -0.330 e. The largest absolute Gasteiger partial charge is 0.330 e. The van der Waals surface area contributed by atoms with E-state index >= 15 is 0 Å². The summed E-state index contributed by atoms with van der Waals surface area (Å²) in [4.78, 5) is 18.6. The van der Waals surface area contributed by atoms with Crippen LogP contribution in [0.2, 0.25) is 0 Å². The summed E-state index contributed by atoms with van der Waals surface area (Å²) in [5.41, 5.74) is 7.82. The molecule has 1 aromatic carbocycles. The summed E-state index contributed by atoms with van der Waals surface area (Å²) in [6, 6.07) is 7.98. The van der Waals surface area contributed by atoms with E-state index in [1.54, 1.807) is 4.90 Å². The average Bonchev–Trinajstić information content (AvgIpc) is 3.12. The first-order valence-electron chi connectivity index (χ1n) is 7.26. The number of nitrogens with zero attached hydrogens (tertiary/aromatic N) is 3. The summed E-state index contributed by atoms with van der Waals surface area (Å²) in [6.07, 6.45) is 1.60. The Labute approximate surface area is 123 Å². The Morgan fingerprint density at radius 2 is 2.29 bits per heavy atom. The quantitative estimate of drug-likeness (QED) is 0.890. The highest BCUT2D eigenvalue weighted by molar-refractivity contribution is 6.05. The molecule has 1 aliphatic heterocycles. The van der Waals surface area contributed by atoms with Gasteiger partial charge in [0.25, 0.3) is 5.91 Å². The van der Waals surface area contributed by atoms with Crippen LogP contribution in [0, 0.1) is 0 Å². The van der Waals surface area contributed by atoms with Gasteiger partial charge in [0.2, 0.25) is 5.82 Å². The maximum Gasteiger partial charge on any atom is 0.297 e. The molecule has 3 N–H and O–H groups in total. The predicted molar refractivity (Wildman–Crippen MR) is 80.3 cm³/mol. The number of aromatic amines is 1. The van der Waals surface area contributed by atoms with Gasteiger partial charge in [-0.1, -0.05) is 25.1 Å². The standard InChI is InChI=1S/C15H19N5O/c1-2-13-17-14(19-18-13)15(21)20-9-10(7-8-16)11-5-3-4-6-12(11)20/h3-6,10H,2,7-9,16H2,1H3,(H,17,18,19). The molecule has 1 aliphatic rings. The summed E-state index contributed by atoms with van der Waals surface area (Å²) >= 11 is 0. The molecule has 0 fully saturated rings. The number of benzene rings is 1. The van der Waals surface area contributed by atoms with Crippen LogP contribution in [0.5, 0.6) is 0 Å². The van der Waals surface area contributed by atoms with Crippen LogP contribution in [0.4, 0.5) is 5.69 Å². The van der Waals surface area contributed by atoms with Crippen LogP contribution in [-0.2, 0) is 6.42 Å². The number of aromatic nitrogens is 3. The van der Waals surface area contributed by atoms with Crippen molar-refractivity contribution in [1.82, 2.24) is 15.2 Å². The van der Waals surface area contributed by atoms with Crippen LogP contribution in [0.1, 0.15) is 41.3 Å². The highest BCUT2D eigenvalue weighted by Crippen LogP contribution is 2.38. The molecule has 0 aliphatic carbocycles. The fourth-order valence-corrected chi connectivity index (χ4v) is 2.81. The summed E-state index contributed by atoms with van der Waals surface area (Å²) in [7, 11) is 0. The second-order valence-corrected chi connectivity index (χ2v) is 5.21. The van der Waals surface area contributed by atoms with Crippen molar-refractivity contribution in [3.8, 4) is 0 Å². The molecule has 0 saturated carbocycles. The predicted octanol–water partition coefficient (Wildman–Crippen LogP) is 1.46. The first-order valence-corrected chi connectivity index (χ1v) is 7.26. The summed E-state index contributed by atoms with van der Waals surface area (Å²) in [5, 5.41) is 6.81. The first kappa shape index (κ1) is 13.8. The third-order valence-corrected chi connectivity index (χ3v) is 3.89. The number of carbonyl (C=O) groups excluding carboxylic acids is 1. The maximum absolute atomic E-state index is 12.6. The SMILES string of the molecule is CCc1nc(C(=O)N2CC(CCN)c3ccccc32)n[nH]1. The van der Waals surface area contributed by atoms with E-state index in [0.29, 0.717) is 19.0 Å². The monoisotopic (exact) mass is 285 g/mol. The highest BCUT2D eigenvalue weighted by atomic mass is 16.2. The van der Waals surface area contributed by atoms with Crippen molar-refractivity contribution in [2.75, 3.05) is 18.0 Å². The molecule has 1 aromatic heterocycles. The number of anilines is 1. The van der Waals surface area contributed by atoms with Crippen molar-refractivity contribution < 1.29 is 4.79 Å². The molecule has 1 atom stereocenters. The first-order chi connectivity index (χ1) is 10.2. The Bertz CT molecular complexity index is 651. The normalized spacial score (nSPS) is 17.0. The lowest BCUT2D eigenvalue weighted by atomic mass is 9.98. The van der Waals surface area contributed by atoms with Gasteiger partial charge >= 0.3 is 0 Å². The molecule has 2 aromatic rings. The maximum atomic E-state index is 12.6. The Hall–Kier alpha value is -2.21. The minimum absolute atomic E-state index is 0.155. The average molecular weight is 285 g/mol. The van der Waals surface area contributed by atoms with Gasteiger partial charge < -0.3 is 10.6 Å². The van der Waals surface area contributed by atoms with Gasteiger partial charge in [-0.3, -0.25) is 9.89 Å². The van der Waals surface area contributed by atoms with Gasteiger partial charge in [0, 0.05) is 24.6 Å². The molecule has 0 bridgehead atoms. The molecular weight excluding hydrogens is 266 g/mol. The van der Waals surface area contributed by atoms with E-state index in [-0.39, 0.29) is 11.7 Å². The second kappa shape index (κ2) is 5.65. The van der Waals surface area contributed by atoms with Crippen LogP contribution >= 0.6 is 0 Å². The summed E-state index contributed by atoms with van der Waals surface area (Å²) in [6.45, 7) is 3.23. The van der Waals surface area contributed by atoms with Crippen molar-refractivity contribution in [2.45, 2.75) is 25.7 Å². The van der Waals surface area contributed by atoms with E-state index in [1.165, 1.54) is 5.56 Å². The number of hydrogen-bond donors (Lipinski definition) is 2. The number of nitrogens with one attached hydrogen (secondary N) is 1. The topological polar surface area (TPSA) is 87.9 Å². The fraction of sp³-hybridized carbons (Fsp3) is 0.400. The molecule has 110 valence electrons. The lowest BCUT2D eigenvalue weighted by molar-refractivity contribution is 0.0978. The van der Waals surface area contributed by atoms with Gasteiger partial charge in [-0.25, -0.2) is 4.98 Å². The van der Waals surface area contributed by atoms with Crippen LogP contribution in [0.25, 0.3) is 0 Å². The van der Waals surface area contributed by atoms with Gasteiger partial charge in [0.1, 0.15) is 5.82 Å². The zero-order valence-corrected chi connectivity index (χ0v) is 12.0. The number of rotatable bonds is 4. The van der Waals surface area contributed by atoms with Crippen molar-refractivity contribution in [3.63, 3.8) is 0 Å². The Morgan fingerprint density at radius 1 is 1.48 bits per heavy atom. The molecule has 2 heterocycles. The lowest BCUT2D eigenvalue weighted by Gasteiger charge is -2.15. The number of fused-ring (bicyclic) bond motifs is 1. The number of amides is 1. The summed E-state index contributed by atoms with van der Waals surface area (Å²) < 4.78 is 0. The van der Waals surface area contributed by atoms with E-state index in [2.05, 4.69) is 21.2 Å². The van der Waals surface area contributed by atoms with Crippen LogP contribution < -0.4 is 10.6 Å². The fourth-order valence-electron chi connectivity index (χ4n) is 2.81. The van der Waals surface area contributed by atoms with Gasteiger partial charge in [-0.05, 0) is 24.6 Å². The zero-order valence-electron chi connectivity index (χ0n) is 12.0. The van der Waals surface area contributed by atoms with Gasteiger partial charge in [0.15, 0.2) is 0 Å². The van der Waals surface area contributed by atoms with E-state index < -0.39 is 0 Å². The van der Waals surface area contributed by atoms with Crippen molar-refractivity contribution in [2.24, 2.45) is 5.73 Å². The van der Waals surface area contributed by atoms with Crippen LogP contribution in [0.15, 0.2) is 24.3 Å². The van der Waals surface area contributed by atoms with Crippen molar-refractivity contribution in [3.05, 3.63) is 41.5 Å². The molecule has 3 rings (SSSR count). The number of H-pyrrole nitrogens is 1. The Morgan fingerprint density at radius 3 is 3.00 bits per heavy atom. The van der Waals surface area contributed by atoms with E-state index in [4.69, 9.17) is 5.73 Å². The second-order valence-electron chi connectivity index (χ2n) is 5.21. The third-order valence-electron chi connectivity index (χ3n) is 3.89. The molecule has 0 spiro atoms. The minimum atomic E-state index is -0.155. The number of aryl methyl sites for hydroxylation is 1. The smallest absolute Gasteiger partial charge is 0.297 e. The molecular formula is C15H19N5O. The van der Waals surface area contributed by atoms with Crippen molar-refractivity contribution in [1.29, 1.82) is 0 Å². The molecule has 6 nitrogen and oxygen atoms in total. The Balaban J connectivity index is 1.90. The molecule has 1 unspecified atom stereocenters. The summed E-state index contributed by atoms with van der Waals surface area (Å²) in [5.74, 6) is 1.09. The van der Waals surface area contributed by atoms with Crippen LogP contribution in [0.3, 0.4) is 0 Å². The molecule has 1 amide bonds. The Kier molecular flexibility index (Phi) is 3.70. The van der Waals surface area contributed by atoms with Gasteiger partial charge in [0.05, 0.1) is 0 Å². The molecule has 0 radical (unpaired) electrons. The number of para-hydroxylation sites is 1. The molecule has 6 heteroatoms. The van der Waals surface area contributed by atoms with E-state index in [9.17, 15) is 4.79 Å². The third kappa shape index (κ3) is 2.42. The van der Waals surface area contributed by atoms with Crippen molar-refractivity contribution >= 4 is 11.6 Å². The number of hydrogen-bond acceptors (Lipinski definition) is 4. The van der Waals surface area contributed by atoms with Crippen LogP contribution in [-0.4, -0.2) is 34.2 Å². The van der Waals surface area contributed by atoms with E-state index in [0.717, 1.165) is 24.4 Å². The molecule has 0 saturated heterocycles. The lowest BCUT2D eigenvalue weighted by Crippen LogP contribution is -2.31. The number of nitrogens with two attached hydrogens (primary N) is 1. The highest BCUT2D eigenvalue weighted by Gasteiger charge is 2.33.